The minimum absolute atomic E-state index is 0.0634. The van der Waals surface area contributed by atoms with Crippen LogP contribution in [0, 0.1) is 0 Å². The average Bonchev–Trinajstić information content (AvgIpc) is 2.28. The van der Waals surface area contributed by atoms with Gasteiger partial charge in [-0.25, -0.2) is 0 Å². The van der Waals surface area contributed by atoms with Crippen LogP contribution in [0.3, 0.4) is 0 Å². The van der Waals surface area contributed by atoms with E-state index < -0.39 is 12.0 Å². The Kier molecular flexibility index (Phi) is 3.26. The molecule has 1 aromatic rings. The van der Waals surface area contributed by atoms with Crippen LogP contribution in [0.15, 0.2) is 31.0 Å². The second-order valence-corrected chi connectivity index (χ2v) is 2.88. The van der Waals surface area contributed by atoms with Crippen molar-refractivity contribution in [1.29, 1.82) is 0 Å². The van der Waals surface area contributed by atoms with Crippen LogP contribution in [0.1, 0.15) is 22.2 Å². The molecule has 1 N–H and O–H groups in total. The number of aliphatic hydroxyl groups is 1. The molecule has 5 heteroatoms. The Morgan fingerprint density at radius 2 is 2.27 bits per heavy atom. The summed E-state index contributed by atoms with van der Waals surface area (Å²) in [7, 11) is 0. The van der Waals surface area contributed by atoms with Crippen molar-refractivity contribution in [2.24, 2.45) is 0 Å². The molecule has 0 spiro atoms. The maximum absolute atomic E-state index is 13.0. The number of nitrogens with zero attached hydrogens (tertiary/aromatic N) is 1. The number of aromatic nitrogens is 1. The van der Waals surface area contributed by atoms with Crippen LogP contribution in [0.25, 0.3) is 0 Å². The normalized spacial score (nSPS) is 13.3. The molecule has 1 unspecified atom stereocenters. The summed E-state index contributed by atoms with van der Waals surface area (Å²) >= 11 is 0. The van der Waals surface area contributed by atoms with Crippen LogP contribution >= 0.6 is 0 Å². The number of halogens is 2. The number of pyridine rings is 1. The highest BCUT2D eigenvalue weighted by Gasteiger charge is 2.38. The Balaban J connectivity index is 3.16. The van der Waals surface area contributed by atoms with E-state index in [0.29, 0.717) is 12.4 Å². The standard InChI is InChI=1S/C10H9F2NO2/c1-2-10(11,12)9(15)8-7(6-14)4-3-5-13-8/h2-6,9,15H,1H2. The van der Waals surface area contributed by atoms with E-state index >= 15 is 0 Å². The molecule has 0 amide bonds. The maximum atomic E-state index is 13.0. The SMILES string of the molecule is C=CC(F)(F)C(O)c1ncccc1C=O. The number of rotatable bonds is 4. The van der Waals surface area contributed by atoms with E-state index in [2.05, 4.69) is 11.6 Å². The van der Waals surface area contributed by atoms with Crippen molar-refractivity contribution < 1.29 is 18.7 Å². The first-order chi connectivity index (χ1) is 7.03. The number of alkyl halides is 2. The second kappa shape index (κ2) is 4.27. The molecular formula is C10H9F2NO2. The molecular weight excluding hydrogens is 204 g/mol. The monoisotopic (exact) mass is 213 g/mol. The Morgan fingerprint density at radius 1 is 1.60 bits per heavy atom. The molecule has 0 aliphatic carbocycles. The van der Waals surface area contributed by atoms with Crippen LogP contribution < -0.4 is 0 Å². The van der Waals surface area contributed by atoms with Gasteiger partial charge in [-0.15, -0.1) is 0 Å². The molecule has 0 saturated carbocycles. The molecule has 80 valence electrons. The maximum Gasteiger partial charge on any atom is 0.297 e. The van der Waals surface area contributed by atoms with Crippen molar-refractivity contribution >= 4 is 6.29 Å². The quantitative estimate of drug-likeness (QED) is 0.612. The fraction of sp³-hybridized carbons (Fsp3) is 0.200. The molecule has 0 aliphatic heterocycles. The summed E-state index contributed by atoms with van der Waals surface area (Å²) in [6.45, 7) is 2.91. The van der Waals surface area contributed by atoms with Gasteiger partial charge in [0.1, 0.15) is 0 Å². The Labute approximate surface area is 85.1 Å². The summed E-state index contributed by atoms with van der Waals surface area (Å²) < 4.78 is 26.0. The number of hydrogen-bond donors (Lipinski definition) is 1. The van der Waals surface area contributed by atoms with Gasteiger partial charge in [0.25, 0.3) is 5.92 Å². The second-order valence-electron chi connectivity index (χ2n) is 2.88. The third kappa shape index (κ3) is 2.24. The summed E-state index contributed by atoms with van der Waals surface area (Å²) in [6.07, 6.45) is -0.243. The molecule has 1 rings (SSSR count). The van der Waals surface area contributed by atoms with Crippen molar-refractivity contribution in [3.8, 4) is 0 Å². The molecule has 1 aromatic heterocycles. The first-order valence-corrected chi connectivity index (χ1v) is 4.12. The van der Waals surface area contributed by atoms with E-state index in [9.17, 15) is 18.7 Å². The lowest BCUT2D eigenvalue weighted by molar-refractivity contribution is -0.0733. The van der Waals surface area contributed by atoms with Gasteiger partial charge < -0.3 is 5.11 Å². The Hall–Kier alpha value is -1.62. The summed E-state index contributed by atoms with van der Waals surface area (Å²) in [5.41, 5.74) is -0.413. The predicted octanol–water partition coefficient (Wildman–Crippen LogP) is 1.75. The minimum atomic E-state index is -3.51. The summed E-state index contributed by atoms with van der Waals surface area (Å²) in [5.74, 6) is -3.51. The Morgan fingerprint density at radius 3 is 2.80 bits per heavy atom. The number of hydrogen-bond acceptors (Lipinski definition) is 3. The van der Waals surface area contributed by atoms with E-state index in [1.165, 1.54) is 18.3 Å². The first-order valence-electron chi connectivity index (χ1n) is 4.12. The lowest BCUT2D eigenvalue weighted by Gasteiger charge is -2.19. The van der Waals surface area contributed by atoms with Gasteiger partial charge in [0.2, 0.25) is 0 Å². The van der Waals surface area contributed by atoms with E-state index in [-0.39, 0.29) is 11.3 Å². The van der Waals surface area contributed by atoms with E-state index in [0.717, 1.165) is 0 Å². The van der Waals surface area contributed by atoms with E-state index in [1.54, 1.807) is 0 Å². The number of aldehydes is 1. The van der Waals surface area contributed by atoms with Gasteiger partial charge in [-0.1, -0.05) is 6.58 Å². The molecule has 3 nitrogen and oxygen atoms in total. The van der Waals surface area contributed by atoms with Crippen molar-refractivity contribution in [2.75, 3.05) is 0 Å². The zero-order valence-corrected chi connectivity index (χ0v) is 7.73. The average molecular weight is 213 g/mol. The fourth-order valence-electron chi connectivity index (χ4n) is 1.05. The van der Waals surface area contributed by atoms with Gasteiger partial charge in [0, 0.05) is 11.8 Å². The smallest absolute Gasteiger partial charge is 0.297 e. The minimum Gasteiger partial charge on any atom is -0.380 e. The fourth-order valence-corrected chi connectivity index (χ4v) is 1.05. The van der Waals surface area contributed by atoms with Gasteiger partial charge in [-0.05, 0) is 18.2 Å². The molecule has 1 heterocycles. The van der Waals surface area contributed by atoms with Gasteiger partial charge in [0.15, 0.2) is 12.4 Å². The van der Waals surface area contributed by atoms with E-state index in [1.807, 2.05) is 0 Å². The van der Waals surface area contributed by atoms with Crippen molar-refractivity contribution in [3.63, 3.8) is 0 Å². The highest BCUT2D eigenvalue weighted by atomic mass is 19.3. The molecule has 0 aliphatic rings. The third-order valence-corrected chi connectivity index (χ3v) is 1.89. The van der Waals surface area contributed by atoms with Crippen molar-refractivity contribution in [2.45, 2.75) is 12.0 Å². The number of aliphatic hydroxyl groups excluding tert-OH is 1. The van der Waals surface area contributed by atoms with Crippen molar-refractivity contribution in [1.82, 2.24) is 4.98 Å². The lowest BCUT2D eigenvalue weighted by Crippen LogP contribution is -2.25. The number of carbonyl (C=O) groups is 1. The van der Waals surface area contributed by atoms with Crippen LogP contribution in [-0.4, -0.2) is 22.3 Å². The zero-order chi connectivity index (χ0) is 11.5. The number of carbonyl (C=O) groups excluding carboxylic acids is 1. The highest BCUT2D eigenvalue weighted by Crippen LogP contribution is 2.32. The third-order valence-electron chi connectivity index (χ3n) is 1.89. The molecule has 0 aromatic carbocycles. The zero-order valence-electron chi connectivity index (χ0n) is 7.73. The van der Waals surface area contributed by atoms with Crippen LogP contribution in [0.2, 0.25) is 0 Å². The molecule has 0 fully saturated rings. The molecule has 0 bridgehead atoms. The Bertz CT molecular complexity index is 379. The highest BCUT2D eigenvalue weighted by molar-refractivity contribution is 5.76. The van der Waals surface area contributed by atoms with Gasteiger partial charge in [0.05, 0.1) is 5.69 Å². The van der Waals surface area contributed by atoms with Gasteiger partial charge in [-0.3, -0.25) is 9.78 Å². The molecule has 0 radical (unpaired) electrons. The largest absolute Gasteiger partial charge is 0.380 e. The molecule has 0 saturated heterocycles. The topological polar surface area (TPSA) is 50.2 Å². The summed E-state index contributed by atoms with van der Waals surface area (Å²) in [5, 5.41) is 9.32. The van der Waals surface area contributed by atoms with Crippen LogP contribution in [-0.2, 0) is 0 Å². The van der Waals surface area contributed by atoms with Gasteiger partial charge in [-0.2, -0.15) is 8.78 Å². The first kappa shape index (κ1) is 11.5. The van der Waals surface area contributed by atoms with Crippen molar-refractivity contribution in [3.05, 3.63) is 42.2 Å². The summed E-state index contributed by atoms with van der Waals surface area (Å²) in [6, 6.07) is 2.73. The summed E-state index contributed by atoms with van der Waals surface area (Å²) in [4.78, 5) is 14.1. The van der Waals surface area contributed by atoms with Crippen LogP contribution in [0.4, 0.5) is 8.78 Å². The van der Waals surface area contributed by atoms with Gasteiger partial charge >= 0.3 is 0 Å². The molecule has 15 heavy (non-hydrogen) atoms. The van der Waals surface area contributed by atoms with Crippen LogP contribution in [0.5, 0.6) is 0 Å². The molecule has 1 atom stereocenters. The predicted molar refractivity (Wildman–Crippen MR) is 49.7 cm³/mol. The lowest BCUT2D eigenvalue weighted by atomic mass is 10.0. The van der Waals surface area contributed by atoms with E-state index in [4.69, 9.17) is 0 Å².